The molecule has 0 aliphatic carbocycles. The van der Waals surface area contributed by atoms with Crippen LogP contribution in [-0.4, -0.2) is 57.7 Å². The van der Waals surface area contributed by atoms with E-state index in [9.17, 15) is 9.59 Å². The number of aromatic amines is 1. The zero-order valence-corrected chi connectivity index (χ0v) is 21.5. The number of nitrogens with one attached hydrogen (secondary N) is 1. The van der Waals surface area contributed by atoms with Gasteiger partial charge in [0.15, 0.2) is 0 Å². The molecule has 0 saturated carbocycles. The van der Waals surface area contributed by atoms with Crippen molar-refractivity contribution in [3.8, 4) is 17.2 Å². The van der Waals surface area contributed by atoms with E-state index in [2.05, 4.69) is 10.1 Å². The Bertz CT molecular complexity index is 1690. The van der Waals surface area contributed by atoms with E-state index in [1.54, 1.807) is 47.5 Å². The lowest BCUT2D eigenvalue weighted by Gasteiger charge is -2.26. The summed E-state index contributed by atoms with van der Waals surface area (Å²) >= 11 is 6.55. The topological polar surface area (TPSA) is 115 Å². The maximum Gasteiger partial charge on any atom is 0.254 e. The zero-order valence-electron chi connectivity index (χ0n) is 20.8. The highest BCUT2D eigenvalue weighted by Gasteiger charge is 2.24. The lowest BCUT2D eigenvalue weighted by atomic mass is 10.0. The first-order valence-corrected chi connectivity index (χ1v) is 12.8. The Morgan fingerprint density at radius 1 is 0.974 bits per heavy atom. The van der Waals surface area contributed by atoms with Gasteiger partial charge in [-0.3, -0.25) is 9.59 Å². The van der Waals surface area contributed by atoms with Gasteiger partial charge in [-0.05, 0) is 42.5 Å². The van der Waals surface area contributed by atoms with Crippen molar-refractivity contribution in [3.05, 3.63) is 101 Å². The van der Waals surface area contributed by atoms with Gasteiger partial charge >= 0.3 is 0 Å². The number of ketones is 1. The van der Waals surface area contributed by atoms with Crippen LogP contribution >= 0.6 is 11.6 Å². The molecule has 3 N–H and O–H groups in total. The molecule has 2 aromatic heterocycles. The average molecular weight is 542 g/mol. The van der Waals surface area contributed by atoms with Crippen LogP contribution in [0.25, 0.3) is 16.6 Å². The van der Waals surface area contributed by atoms with Gasteiger partial charge in [0.2, 0.25) is 5.78 Å². The molecule has 1 fully saturated rings. The van der Waals surface area contributed by atoms with E-state index in [0.29, 0.717) is 65.0 Å². The number of morpholine rings is 1. The molecule has 1 aliphatic heterocycles. The van der Waals surface area contributed by atoms with Crippen molar-refractivity contribution in [1.82, 2.24) is 19.7 Å². The Labute approximate surface area is 228 Å². The number of H-pyrrole nitrogens is 1. The van der Waals surface area contributed by atoms with Crippen LogP contribution in [-0.2, 0) is 4.74 Å². The zero-order chi connectivity index (χ0) is 26.9. The molecule has 1 amide bonds. The lowest BCUT2D eigenvalue weighted by Crippen LogP contribution is -2.40. The Hall–Kier alpha value is -4.60. The number of hydrogen-bond acceptors (Lipinski definition) is 6. The van der Waals surface area contributed by atoms with Crippen LogP contribution in [0.3, 0.4) is 0 Å². The fourth-order valence-electron chi connectivity index (χ4n) is 4.61. The van der Waals surface area contributed by atoms with Crippen LogP contribution in [0.5, 0.6) is 11.5 Å². The number of ether oxygens (including phenoxy) is 2. The maximum atomic E-state index is 13.6. The van der Waals surface area contributed by atoms with Crippen LogP contribution < -0.4 is 10.5 Å². The second-order valence-electron chi connectivity index (χ2n) is 9.08. The van der Waals surface area contributed by atoms with E-state index < -0.39 is 0 Å². The van der Waals surface area contributed by atoms with Gasteiger partial charge < -0.3 is 25.1 Å². The van der Waals surface area contributed by atoms with E-state index in [-0.39, 0.29) is 23.1 Å². The molecule has 0 spiro atoms. The first-order chi connectivity index (χ1) is 19.0. The van der Waals surface area contributed by atoms with Gasteiger partial charge in [-0.15, -0.1) is 0 Å². The van der Waals surface area contributed by atoms with Gasteiger partial charge in [-0.1, -0.05) is 29.8 Å². The molecule has 0 unspecified atom stereocenters. The molecule has 6 rings (SSSR count). The monoisotopic (exact) mass is 541 g/mol. The molecule has 5 aromatic rings. The Balaban J connectivity index is 1.28. The van der Waals surface area contributed by atoms with E-state index in [1.165, 1.54) is 10.9 Å². The fourth-order valence-corrected chi connectivity index (χ4v) is 4.86. The Morgan fingerprint density at radius 3 is 2.54 bits per heavy atom. The van der Waals surface area contributed by atoms with Gasteiger partial charge in [0.1, 0.15) is 17.3 Å². The summed E-state index contributed by atoms with van der Waals surface area (Å²) in [5, 5.41) is 5.33. The number of carbonyl (C=O) groups is 2. The largest absolute Gasteiger partial charge is 0.457 e. The number of fused-ring (bicyclic) bond motifs is 1. The number of nitrogen functional groups attached to an aromatic ring is 1. The number of carbonyl (C=O) groups excluding carboxylic acids is 2. The first kappa shape index (κ1) is 24.7. The predicted octanol–water partition coefficient (Wildman–Crippen LogP) is 5.08. The van der Waals surface area contributed by atoms with Gasteiger partial charge in [0, 0.05) is 47.4 Å². The second-order valence-corrected chi connectivity index (χ2v) is 9.49. The molecule has 0 radical (unpaired) electrons. The summed E-state index contributed by atoms with van der Waals surface area (Å²) in [5.41, 5.74) is 8.76. The summed E-state index contributed by atoms with van der Waals surface area (Å²) in [6.07, 6.45) is 3.04. The molecule has 10 heteroatoms. The standard InChI is InChI=1S/C29H24ClN5O4/c30-24-15-20(39-19-4-2-1-3-5-19)7-9-26(24)35-28(31)23(17-33-35)27(36)22-16-32-25-8-6-18(14-21(22)25)29(37)34-10-12-38-13-11-34/h1-9,14-17,32H,10-13,31H2. The highest BCUT2D eigenvalue weighted by Crippen LogP contribution is 2.32. The summed E-state index contributed by atoms with van der Waals surface area (Å²) in [4.78, 5) is 31.5. The van der Waals surface area contributed by atoms with Crippen molar-refractivity contribution in [2.45, 2.75) is 0 Å². The third kappa shape index (κ3) is 4.73. The Kier molecular flexibility index (Phi) is 6.52. The number of nitrogens with zero attached hydrogens (tertiary/aromatic N) is 3. The van der Waals surface area contributed by atoms with E-state index in [1.807, 2.05) is 30.3 Å². The predicted molar refractivity (Wildman–Crippen MR) is 148 cm³/mol. The number of halogens is 1. The summed E-state index contributed by atoms with van der Waals surface area (Å²) in [6, 6.07) is 19.8. The minimum absolute atomic E-state index is 0.0959. The van der Waals surface area contributed by atoms with Crippen molar-refractivity contribution in [1.29, 1.82) is 0 Å². The minimum atomic E-state index is -0.318. The summed E-state index contributed by atoms with van der Waals surface area (Å²) < 4.78 is 12.6. The summed E-state index contributed by atoms with van der Waals surface area (Å²) in [7, 11) is 0. The van der Waals surface area contributed by atoms with Crippen molar-refractivity contribution >= 4 is 40.0 Å². The molecule has 39 heavy (non-hydrogen) atoms. The van der Waals surface area contributed by atoms with Crippen LogP contribution in [0.1, 0.15) is 26.3 Å². The van der Waals surface area contributed by atoms with Crippen molar-refractivity contribution in [3.63, 3.8) is 0 Å². The molecule has 0 bridgehead atoms. The van der Waals surface area contributed by atoms with Crippen LogP contribution in [0.15, 0.2) is 79.1 Å². The van der Waals surface area contributed by atoms with Crippen LogP contribution in [0, 0.1) is 0 Å². The van der Waals surface area contributed by atoms with Gasteiger partial charge in [-0.25, -0.2) is 4.68 Å². The van der Waals surface area contributed by atoms with E-state index in [4.69, 9.17) is 26.8 Å². The molecule has 1 aliphatic rings. The number of benzene rings is 3. The third-order valence-corrected chi connectivity index (χ3v) is 6.95. The molecule has 3 heterocycles. The average Bonchev–Trinajstić information content (AvgIpc) is 3.56. The highest BCUT2D eigenvalue weighted by molar-refractivity contribution is 6.32. The van der Waals surface area contributed by atoms with Gasteiger partial charge in [0.05, 0.1) is 35.7 Å². The van der Waals surface area contributed by atoms with E-state index >= 15 is 0 Å². The number of hydrogen-bond donors (Lipinski definition) is 2. The van der Waals surface area contributed by atoms with E-state index in [0.717, 1.165) is 5.52 Å². The molecule has 1 saturated heterocycles. The number of nitrogens with two attached hydrogens (primary N) is 1. The molecule has 3 aromatic carbocycles. The van der Waals surface area contributed by atoms with Crippen molar-refractivity contribution in [2.75, 3.05) is 32.0 Å². The quantitative estimate of drug-likeness (QED) is 0.289. The van der Waals surface area contributed by atoms with Crippen LogP contribution in [0.4, 0.5) is 5.82 Å². The third-order valence-electron chi connectivity index (χ3n) is 6.65. The first-order valence-electron chi connectivity index (χ1n) is 12.4. The number of rotatable bonds is 6. The summed E-state index contributed by atoms with van der Waals surface area (Å²) in [5.74, 6) is 0.968. The smallest absolute Gasteiger partial charge is 0.254 e. The van der Waals surface area contributed by atoms with Gasteiger partial charge in [-0.2, -0.15) is 5.10 Å². The SMILES string of the molecule is Nc1c(C(=O)c2c[nH]c3ccc(C(=O)N4CCOCC4)cc23)cnn1-c1ccc(Oc2ccccc2)cc1Cl. The molecule has 0 atom stereocenters. The van der Waals surface area contributed by atoms with Crippen molar-refractivity contribution < 1.29 is 19.1 Å². The maximum absolute atomic E-state index is 13.6. The Morgan fingerprint density at radius 2 is 1.77 bits per heavy atom. The second kappa shape index (κ2) is 10.3. The molecule has 9 nitrogen and oxygen atoms in total. The van der Waals surface area contributed by atoms with Crippen LogP contribution in [0.2, 0.25) is 5.02 Å². The molecular formula is C29H24ClN5O4. The highest BCUT2D eigenvalue weighted by atomic mass is 35.5. The molecular weight excluding hydrogens is 518 g/mol. The van der Waals surface area contributed by atoms with Crippen molar-refractivity contribution in [2.24, 2.45) is 0 Å². The molecule has 196 valence electrons. The number of para-hydroxylation sites is 1. The fraction of sp³-hybridized carbons (Fsp3) is 0.138. The van der Waals surface area contributed by atoms with Gasteiger partial charge in [0.25, 0.3) is 5.91 Å². The normalized spacial score (nSPS) is 13.5. The lowest BCUT2D eigenvalue weighted by molar-refractivity contribution is 0.0303. The number of anilines is 1. The number of amides is 1. The minimum Gasteiger partial charge on any atom is -0.457 e. The summed E-state index contributed by atoms with van der Waals surface area (Å²) in [6.45, 7) is 2.09. The number of aromatic nitrogens is 3.